The molecule has 1 aliphatic heterocycles. The number of hydrogen-bond donors (Lipinski definition) is 0. The number of benzene rings is 1. The van der Waals surface area contributed by atoms with E-state index < -0.39 is 0 Å². The van der Waals surface area contributed by atoms with Gasteiger partial charge in [0, 0.05) is 25.9 Å². The van der Waals surface area contributed by atoms with Gasteiger partial charge in [-0.2, -0.15) is 0 Å². The summed E-state index contributed by atoms with van der Waals surface area (Å²) >= 11 is 0. The zero-order valence-corrected chi connectivity index (χ0v) is 13.5. The monoisotopic (exact) mass is 315 g/mol. The molecule has 0 fully saturated rings. The Morgan fingerprint density at radius 1 is 1.22 bits per heavy atom. The Balaban J connectivity index is 1.68. The molecule has 0 aliphatic carbocycles. The molecule has 0 N–H and O–H groups in total. The van der Waals surface area contributed by atoms with E-state index >= 15 is 0 Å². The quantitative estimate of drug-likeness (QED) is 0.851. The van der Waals surface area contributed by atoms with Gasteiger partial charge in [0.25, 0.3) is 0 Å². The van der Waals surface area contributed by atoms with Crippen LogP contribution in [0.15, 0.2) is 34.9 Å². The van der Waals surface area contributed by atoms with Gasteiger partial charge in [0.1, 0.15) is 5.76 Å². The molecule has 0 saturated heterocycles. The molecule has 1 aliphatic rings. The maximum atomic E-state index is 12.4. The van der Waals surface area contributed by atoms with Crippen molar-refractivity contribution in [2.75, 3.05) is 20.8 Å². The first-order valence-electron chi connectivity index (χ1n) is 7.75. The molecule has 23 heavy (non-hydrogen) atoms. The predicted molar refractivity (Wildman–Crippen MR) is 85.7 cm³/mol. The number of aryl methyl sites for hydroxylation is 1. The van der Waals surface area contributed by atoms with E-state index in [4.69, 9.17) is 13.9 Å². The minimum absolute atomic E-state index is 0.154. The Hall–Kier alpha value is -2.43. The molecule has 0 atom stereocenters. The zero-order chi connectivity index (χ0) is 16.2. The summed E-state index contributed by atoms with van der Waals surface area (Å²) in [6, 6.07) is 7.73. The van der Waals surface area contributed by atoms with Gasteiger partial charge < -0.3 is 18.8 Å². The standard InChI is InChI=1S/C18H21NO4/c1-21-16-10-13-7-8-19(12-14(13)11-17(16)22-2)18(20)6-5-15-4-3-9-23-15/h3-4,9-11H,5-8,12H2,1-2H3. The van der Waals surface area contributed by atoms with Crippen LogP contribution in [0.3, 0.4) is 0 Å². The Morgan fingerprint density at radius 2 is 1.96 bits per heavy atom. The Labute approximate surface area is 135 Å². The first-order valence-corrected chi connectivity index (χ1v) is 7.75. The summed E-state index contributed by atoms with van der Waals surface area (Å²) < 4.78 is 16.0. The van der Waals surface area contributed by atoms with Crippen molar-refractivity contribution < 1.29 is 18.7 Å². The van der Waals surface area contributed by atoms with Gasteiger partial charge in [-0.15, -0.1) is 0 Å². The second kappa shape index (κ2) is 6.77. The van der Waals surface area contributed by atoms with Crippen LogP contribution in [0.2, 0.25) is 0 Å². The van der Waals surface area contributed by atoms with Gasteiger partial charge >= 0.3 is 0 Å². The number of rotatable bonds is 5. The number of carbonyl (C=O) groups is 1. The number of ether oxygens (including phenoxy) is 2. The first-order chi connectivity index (χ1) is 11.2. The summed E-state index contributed by atoms with van der Waals surface area (Å²) in [5, 5.41) is 0. The number of fused-ring (bicyclic) bond motifs is 1. The number of amides is 1. The second-order valence-corrected chi connectivity index (χ2v) is 5.62. The fraction of sp³-hybridized carbons (Fsp3) is 0.389. The van der Waals surface area contributed by atoms with E-state index in [9.17, 15) is 4.79 Å². The third-order valence-electron chi connectivity index (χ3n) is 4.24. The van der Waals surface area contributed by atoms with Crippen LogP contribution in [-0.4, -0.2) is 31.6 Å². The van der Waals surface area contributed by atoms with Crippen molar-refractivity contribution in [2.45, 2.75) is 25.8 Å². The van der Waals surface area contributed by atoms with Crippen molar-refractivity contribution in [3.63, 3.8) is 0 Å². The highest BCUT2D eigenvalue weighted by Crippen LogP contribution is 2.33. The minimum Gasteiger partial charge on any atom is -0.493 e. The lowest BCUT2D eigenvalue weighted by atomic mass is 9.98. The molecule has 0 radical (unpaired) electrons. The Kier molecular flexibility index (Phi) is 4.55. The van der Waals surface area contributed by atoms with Crippen molar-refractivity contribution in [2.24, 2.45) is 0 Å². The molecule has 2 heterocycles. The fourth-order valence-electron chi connectivity index (χ4n) is 2.94. The molecule has 0 bridgehead atoms. The zero-order valence-electron chi connectivity index (χ0n) is 13.5. The van der Waals surface area contributed by atoms with Gasteiger partial charge in [-0.05, 0) is 41.8 Å². The first kappa shape index (κ1) is 15.5. The SMILES string of the molecule is COc1cc2c(cc1OC)CN(C(=O)CCc1ccco1)CC2. The molecular formula is C18H21NO4. The highest BCUT2D eigenvalue weighted by molar-refractivity contribution is 5.76. The normalized spacial score (nSPS) is 13.6. The molecule has 1 amide bonds. The van der Waals surface area contributed by atoms with Gasteiger partial charge in [0.05, 0.1) is 20.5 Å². The lowest BCUT2D eigenvalue weighted by Gasteiger charge is -2.29. The van der Waals surface area contributed by atoms with Gasteiger partial charge in [-0.3, -0.25) is 4.79 Å². The predicted octanol–water partition coefficient (Wildman–Crippen LogP) is 2.81. The molecule has 0 spiro atoms. The van der Waals surface area contributed by atoms with E-state index in [0.29, 0.717) is 25.1 Å². The fourth-order valence-corrected chi connectivity index (χ4v) is 2.94. The highest BCUT2D eigenvalue weighted by Gasteiger charge is 2.22. The number of furan rings is 1. The average molecular weight is 315 g/mol. The van der Waals surface area contributed by atoms with E-state index in [1.807, 2.05) is 29.2 Å². The summed E-state index contributed by atoms with van der Waals surface area (Å²) in [7, 11) is 3.26. The van der Waals surface area contributed by atoms with Crippen LogP contribution in [0.4, 0.5) is 0 Å². The molecule has 1 aromatic heterocycles. The van der Waals surface area contributed by atoms with Crippen molar-refractivity contribution in [1.82, 2.24) is 4.90 Å². The van der Waals surface area contributed by atoms with Crippen LogP contribution in [-0.2, 0) is 24.2 Å². The molecule has 5 nitrogen and oxygen atoms in total. The summed E-state index contributed by atoms with van der Waals surface area (Å²) in [6.45, 7) is 1.35. The maximum absolute atomic E-state index is 12.4. The van der Waals surface area contributed by atoms with Crippen molar-refractivity contribution in [1.29, 1.82) is 0 Å². The minimum atomic E-state index is 0.154. The lowest BCUT2D eigenvalue weighted by Crippen LogP contribution is -2.36. The Bertz CT molecular complexity index is 679. The van der Waals surface area contributed by atoms with Gasteiger partial charge in [-0.25, -0.2) is 0 Å². The van der Waals surface area contributed by atoms with Crippen LogP contribution >= 0.6 is 0 Å². The average Bonchev–Trinajstić information content (AvgIpc) is 3.11. The molecular weight excluding hydrogens is 294 g/mol. The van der Waals surface area contributed by atoms with E-state index in [1.54, 1.807) is 20.5 Å². The van der Waals surface area contributed by atoms with Crippen LogP contribution in [0.25, 0.3) is 0 Å². The topological polar surface area (TPSA) is 51.9 Å². The van der Waals surface area contributed by atoms with Crippen LogP contribution in [0.1, 0.15) is 23.3 Å². The summed E-state index contributed by atoms with van der Waals surface area (Å²) in [4.78, 5) is 14.3. The molecule has 2 aromatic rings. The van der Waals surface area contributed by atoms with E-state index in [2.05, 4.69) is 0 Å². The summed E-state index contributed by atoms with van der Waals surface area (Å²) in [5.74, 6) is 2.45. The molecule has 3 rings (SSSR count). The number of carbonyl (C=O) groups excluding carboxylic acids is 1. The largest absolute Gasteiger partial charge is 0.493 e. The van der Waals surface area contributed by atoms with E-state index in [1.165, 1.54) is 5.56 Å². The van der Waals surface area contributed by atoms with Gasteiger partial charge in [0.2, 0.25) is 5.91 Å². The van der Waals surface area contributed by atoms with Crippen molar-refractivity contribution in [3.8, 4) is 11.5 Å². The third kappa shape index (κ3) is 3.33. The van der Waals surface area contributed by atoms with E-state index in [0.717, 1.165) is 30.0 Å². The Morgan fingerprint density at radius 3 is 2.61 bits per heavy atom. The molecule has 0 saturated carbocycles. The van der Waals surface area contributed by atoms with Crippen molar-refractivity contribution in [3.05, 3.63) is 47.4 Å². The van der Waals surface area contributed by atoms with Crippen LogP contribution < -0.4 is 9.47 Å². The maximum Gasteiger partial charge on any atom is 0.223 e. The molecule has 1 aromatic carbocycles. The molecule has 0 unspecified atom stereocenters. The third-order valence-corrected chi connectivity index (χ3v) is 4.24. The number of nitrogens with zero attached hydrogens (tertiary/aromatic N) is 1. The highest BCUT2D eigenvalue weighted by atomic mass is 16.5. The van der Waals surface area contributed by atoms with Crippen LogP contribution in [0, 0.1) is 0 Å². The number of hydrogen-bond acceptors (Lipinski definition) is 4. The summed E-state index contributed by atoms with van der Waals surface area (Å²) in [5.41, 5.74) is 2.35. The molecule has 122 valence electrons. The second-order valence-electron chi connectivity index (χ2n) is 5.62. The van der Waals surface area contributed by atoms with Crippen molar-refractivity contribution >= 4 is 5.91 Å². The smallest absolute Gasteiger partial charge is 0.223 e. The van der Waals surface area contributed by atoms with Gasteiger partial charge in [0.15, 0.2) is 11.5 Å². The van der Waals surface area contributed by atoms with E-state index in [-0.39, 0.29) is 5.91 Å². The lowest BCUT2D eigenvalue weighted by molar-refractivity contribution is -0.132. The molecule has 5 heteroatoms. The summed E-state index contributed by atoms with van der Waals surface area (Å²) in [6.07, 6.45) is 3.58. The van der Waals surface area contributed by atoms with Crippen LogP contribution in [0.5, 0.6) is 11.5 Å². The number of methoxy groups -OCH3 is 2. The van der Waals surface area contributed by atoms with Gasteiger partial charge in [-0.1, -0.05) is 0 Å².